The number of piperazine rings is 1. The molecule has 0 radical (unpaired) electrons. The molecule has 0 aromatic rings. The monoisotopic (exact) mass is 249 g/mol. The van der Waals surface area contributed by atoms with E-state index in [-0.39, 0.29) is 11.9 Å². The van der Waals surface area contributed by atoms with E-state index in [0.717, 1.165) is 32.6 Å². The van der Waals surface area contributed by atoms with Crippen LogP contribution in [0.2, 0.25) is 0 Å². The third-order valence-corrected chi connectivity index (χ3v) is 3.28. The van der Waals surface area contributed by atoms with Crippen LogP contribution in [0.3, 0.4) is 0 Å². The summed E-state index contributed by atoms with van der Waals surface area (Å²) in [4.78, 5) is 15.8. The van der Waals surface area contributed by atoms with E-state index >= 15 is 0 Å². The van der Waals surface area contributed by atoms with E-state index in [1.165, 1.54) is 0 Å². The molecule has 1 saturated heterocycles. The standard InChI is InChI=1S/C14H23N3O/c1-4-5-6-14(18)17-9-7-16(8-10-17)13(11-15)12(2)3/h5-6,12-13H,4,7-10H2,1-3H3/b6-5+. The quantitative estimate of drug-likeness (QED) is 0.712. The summed E-state index contributed by atoms with van der Waals surface area (Å²) in [5, 5.41) is 9.16. The van der Waals surface area contributed by atoms with Gasteiger partial charge in [-0.1, -0.05) is 26.8 Å². The van der Waals surface area contributed by atoms with Gasteiger partial charge in [0.05, 0.1) is 6.07 Å². The molecule has 1 unspecified atom stereocenters. The zero-order valence-electron chi connectivity index (χ0n) is 11.6. The second-order valence-corrected chi connectivity index (χ2v) is 4.99. The summed E-state index contributed by atoms with van der Waals surface area (Å²) >= 11 is 0. The van der Waals surface area contributed by atoms with Crippen LogP contribution in [0.25, 0.3) is 0 Å². The normalized spacial score (nSPS) is 19.2. The molecule has 1 atom stereocenters. The maximum absolute atomic E-state index is 11.8. The number of nitrogens with zero attached hydrogens (tertiary/aromatic N) is 3. The molecule has 1 fully saturated rings. The lowest BCUT2D eigenvalue weighted by atomic mass is 10.0. The van der Waals surface area contributed by atoms with Crippen LogP contribution in [0.5, 0.6) is 0 Å². The first kappa shape index (κ1) is 14.7. The van der Waals surface area contributed by atoms with Crippen molar-refractivity contribution >= 4 is 5.91 Å². The van der Waals surface area contributed by atoms with Crippen molar-refractivity contribution in [2.45, 2.75) is 33.2 Å². The first-order valence-electron chi connectivity index (χ1n) is 6.69. The van der Waals surface area contributed by atoms with Crippen LogP contribution in [0, 0.1) is 17.2 Å². The van der Waals surface area contributed by atoms with Gasteiger partial charge >= 0.3 is 0 Å². The Labute approximate surface area is 110 Å². The van der Waals surface area contributed by atoms with Crippen LogP contribution in [-0.2, 0) is 4.79 Å². The highest BCUT2D eigenvalue weighted by Crippen LogP contribution is 2.13. The van der Waals surface area contributed by atoms with Crippen LogP contribution >= 0.6 is 0 Å². The SMILES string of the molecule is CC/C=C/C(=O)N1CCN(C(C#N)C(C)C)CC1. The second-order valence-electron chi connectivity index (χ2n) is 4.99. The average molecular weight is 249 g/mol. The van der Waals surface area contributed by atoms with Crippen molar-refractivity contribution in [1.29, 1.82) is 5.26 Å². The summed E-state index contributed by atoms with van der Waals surface area (Å²) in [6.07, 6.45) is 4.43. The smallest absolute Gasteiger partial charge is 0.246 e. The Hall–Kier alpha value is -1.34. The molecule has 1 aliphatic heterocycles. The molecular formula is C14H23N3O. The Morgan fingerprint density at radius 3 is 2.39 bits per heavy atom. The minimum Gasteiger partial charge on any atom is -0.337 e. The Balaban J connectivity index is 2.48. The van der Waals surface area contributed by atoms with Crippen molar-refractivity contribution in [1.82, 2.24) is 9.80 Å². The molecule has 100 valence electrons. The van der Waals surface area contributed by atoms with Crippen molar-refractivity contribution < 1.29 is 4.79 Å². The fraction of sp³-hybridized carbons (Fsp3) is 0.714. The van der Waals surface area contributed by atoms with Crippen molar-refractivity contribution in [3.8, 4) is 6.07 Å². The molecule has 1 rings (SSSR count). The molecular weight excluding hydrogens is 226 g/mol. The van der Waals surface area contributed by atoms with Crippen molar-refractivity contribution in [2.24, 2.45) is 5.92 Å². The van der Waals surface area contributed by atoms with Gasteiger partial charge in [-0.25, -0.2) is 0 Å². The molecule has 1 heterocycles. The lowest BCUT2D eigenvalue weighted by molar-refractivity contribution is -0.128. The van der Waals surface area contributed by atoms with E-state index in [1.54, 1.807) is 6.08 Å². The van der Waals surface area contributed by atoms with E-state index in [9.17, 15) is 4.79 Å². The lowest BCUT2D eigenvalue weighted by Gasteiger charge is -2.37. The molecule has 0 spiro atoms. The zero-order chi connectivity index (χ0) is 13.5. The van der Waals surface area contributed by atoms with Gasteiger partial charge in [-0.05, 0) is 18.4 Å². The van der Waals surface area contributed by atoms with Gasteiger partial charge in [0.2, 0.25) is 5.91 Å². The number of hydrogen-bond acceptors (Lipinski definition) is 3. The molecule has 0 aromatic heterocycles. The van der Waals surface area contributed by atoms with Gasteiger partial charge in [0.1, 0.15) is 6.04 Å². The molecule has 0 N–H and O–H groups in total. The van der Waals surface area contributed by atoms with Crippen molar-refractivity contribution in [3.63, 3.8) is 0 Å². The predicted molar refractivity (Wildman–Crippen MR) is 71.8 cm³/mol. The first-order valence-corrected chi connectivity index (χ1v) is 6.69. The van der Waals surface area contributed by atoms with E-state index in [0.29, 0.717) is 5.92 Å². The molecule has 18 heavy (non-hydrogen) atoms. The Morgan fingerprint density at radius 2 is 1.94 bits per heavy atom. The second kappa shape index (κ2) is 7.17. The van der Waals surface area contributed by atoms with Crippen LogP contribution in [0.1, 0.15) is 27.2 Å². The number of carbonyl (C=O) groups is 1. The fourth-order valence-electron chi connectivity index (χ4n) is 2.20. The Kier molecular flexibility index (Phi) is 5.87. The van der Waals surface area contributed by atoms with Crippen molar-refractivity contribution in [3.05, 3.63) is 12.2 Å². The number of carbonyl (C=O) groups excluding carboxylic acids is 1. The molecule has 1 aliphatic rings. The van der Waals surface area contributed by atoms with Gasteiger partial charge in [-0.2, -0.15) is 5.26 Å². The molecule has 4 heteroatoms. The summed E-state index contributed by atoms with van der Waals surface area (Å²) < 4.78 is 0. The van der Waals surface area contributed by atoms with Gasteiger partial charge in [0.15, 0.2) is 0 Å². The van der Waals surface area contributed by atoms with Crippen LogP contribution in [-0.4, -0.2) is 47.9 Å². The van der Waals surface area contributed by atoms with Crippen molar-refractivity contribution in [2.75, 3.05) is 26.2 Å². The summed E-state index contributed by atoms with van der Waals surface area (Å²) in [7, 11) is 0. The molecule has 4 nitrogen and oxygen atoms in total. The van der Waals surface area contributed by atoms with Gasteiger partial charge in [0.25, 0.3) is 0 Å². The van der Waals surface area contributed by atoms with Gasteiger partial charge in [-0.3, -0.25) is 9.69 Å². The summed E-state index contributed by atoms with van der Waals surface area (Å²) in [5.74, 6) is 0.423. The first-order chi connectivity index (χ1) is 8.60. The summed E-state index contributed by atoms with van der Waals surface area (Å²) in [6.45, 7) is 9.17. The number of allylic oxidation sites excluding steroid dienone is 1. The van der Waals surface area contributed by atoms with E-state index in [1.807, 2.05) is 17.9 Å². The van der Waals surface area contributed by atoms with Crippen LogP contribution in [0.4, 0.5) is 0 Å². The highest BCUT2D eigenvalue weighted by atomic mass is 16.2. The lowest BCUT2D eigenvalue weighted by Crippen LogP contribution is -2.52. The number of nitriles is 1. The minimum absolute atomic E-state index is 0.0339. The average Bonchev–Trinajstić information content (AvgIpc) is 2.37. The molecule has 1 amide bonds. The third-order valence-electron chi connectivity index (χ3n) is 3.28. The maximum Gasteiger partial charge on any atom is 0.246 e. The Morgan fingerprint density at radius 1 is 1.33 bits per heavy atom. The number of amides is 1. The fourth-order valence-corrected chi connectivity index (χ4v) is 2.20. The number of hydrogen-bond donors (Lipinski definition) is 0. The number of rotatable bonds is 4. The van der Waals surface area contributed by atoms with E-state index < -0.39 is 0 Å². The molecule has 0 aliphatic carbocycles. The maximum atomic E-state index is 11.8. The third kappa shape index (κ3) is 3.85. The zero-order valence-corrected chi connectivity index (χ0v) is 11.6. The van der Waals surface area contributed by atoms with E-state index in [4.69, 9.17) is 5.26 Å². The molecule has 0 bridgehead atoms. The van der Waals surface area contributed by atoms with Crippen LogP contribution < -0.4 is 0 Å². The molecule has 0 aromatic carbocycles. The largest absolute Gasteiger partial charge is 0.337 e. The van der Waals surface area contributed by atoms with Crippen LogP contribution in [0.15, 0.2) is 12.2 Å². The van der Waals surface area contributed by atoms with Gasteiger partial charge in [0, 0.05) is 26.2 Å². The Bertz CT molecular complexity index is 335. The van der Waals surface area contributed by atoms with Gasteiger partial charge < -0.3 is 4.90 Å². The van der Waals surface area contributed by atoms with E-state index in [2.05, 4.69) is 24.8 Å². The minimum atomic E-state index is -0.0339. The predicted octanol–water partition coefficient (Wildman–Crippen LogP) is 1.64. The molecule has 0 saturated carbocycles. The highest BCUT2D eigenvalue weighted by molar-refractivity contribution is 5.87. The summed E-state index contributed by atoms with van der Waals surface area (Å²) in [5.41, 5.74) is 0. The summed E-state index contributed by atoms with van der Waals surface area (Å²) in [6, 6.07) is 2.32. The highest BCUT2D eigenvalue weighted by Gasteiger charge is 2.26. The van der Waals surface area contributed by atoms with Gasteiger partial charge in [-0.15, -0.1) is 0 Å². The topological polar surface area (TPSA) is 47.3 Å².